The number of hydrogen-bond acceptors (Lipinski definition) is 8. The fourth-order valence-corrected chi connectivity index (χ4v) is 5.55. The van der Waals surface area contributed by atoms with E-state index in [-0.39, 0.29) is 0 Å². The maximum Gasteiger partial charge on any atom is 0.328 e. The molecular weight excluding hydrogens is 530 g/mol. The number of likely N-dealkylation sites (tertiary alicyclic amines) is 1. The molecule has 4 rings (SSSR count). The summed E-state index contributed by atoms with van der Waals surface area (Å²) < 4.78 is 11.1. The minimum absolute atomic E-state index is 0.558. The van der Waals surface area contributed by atoms with E-state index in [1.54, 1.807) is 7.11 Å². The number of rotatable bonds is 11. The number of nitrogens with zero attached hydrogens (tertiary/aromatic N) is 3. The number of carbonyl (C=O) groups is 2. The van der Waals surface area contributed by atoms with Crippen molar-refractivity contribution in [1.29, 1.82) is 0 Å². The lowest BCUT2D eigenvalue weighted by Gasteiger charge is -2.38. The van der Waals surface area contributed by atoms with Gasteiger partial charge in [0.15, 0.2) is 5.17 Å². The van der Waals surface area contributed by atoms with Gasteiger partial charge in [0.05, 0.1) is 19.4 Å². The summed E-state index contributed by atoms with van der Waals surface area (Å²) in [5.74, 6) is -0.586. The van der Waals surface area contributed by atoms with Crippen molar-refractivity contribution in [2.24, 2.45) is 4.99 Å². The largest absolute Gasteiger partial charge is 0.497 e. The van der Waals surface area contributed by atoms with Gasteiger partial charge in [0.25, 0.3) is 0 Å². The Labute approximate surface area is 240 Å². The highest BCUT2D eigenvalue weighted by Crippen LogP contribution is 2.32. The fourth-order valence-electron chi connectivity index (χ4n) is 4.50. The Morgan fingerprint density at radius 2 is 1.73 bits per heavy atom. The molecule has 2 aromatic rings. The van der Waals surface area contributed by atoms with Crippen LogP contribution in [0.5, 0.6) is 5.75 Å². The van der Waals surface area contributed by atoms with E-state index in [0.29, 0.717) is 18.2 Å². The molecule has 0 radical (unpaired) electrons. The molecule has 40 heavy (non-hydrogen) atoms. The van der Waals surface area contributed by atoms with Gasteiger partial charge < -0.3 is 29.5 Å². The first-order valence-corrected chi connectivity index (χ1v) is 14.4. The van der Waals surface area contributed by atoms with E-state index in [2.05, 4.69) is 53.2 Å². The van der Waals surface area contributed by atoms with Crippen molar-refractivity contribution in [2.45, 2.75) is 37.5 Å². The maximum atomic E-state index is 9.55. The molecule has 0 bridgehead atoms. The third-order valence-corrected chi connectivity index (χ3v) is 7.89. The predicted molar refractivity (Wildman–Crippen MR) is 159 cm³/mol. The first-order valence-electron chi connectivity index (χ1n) is 13.4. The van der Waals surface area contributed by atoms with E-state index < -0.39 is 11.9 Å². The predicted octanol–water partition coefficient (Wildman–Crippen LogP) is 4.69. The van der Waals surface area contributed by atoms with Crippen LogP contribution in [0.3, 0.4) is 0 Å². The van der Waals surface area contributed by atoms with Gasteiger partial charge in [-0.05, 0) is 55.0 Å². The van der Waals surface area contributed by atoms with E-state index in [1.807, 2.05) is 23.9 Å². The molecule has 0 aromatic heterocycles. The highest BCUT2D eigenvalue weighted by atomic mass is 32.2. The first-order chi connectivity index (χ1) is 19.4. The van der Waals surface area contributed by atoms with Crippen LogP contribution >= 0.6 is 11.8 Å². The van der Waals surface area contributed by atoms with Crippen molar-refractivity contribution in [1.82, 2.24) is 9.80 Å². The quantitative estimate of drug-likeness (QED) is 0.294. The number of carboxylic acid groups (broad SMARTS) is 2. The van der Waals surface area contributed by atoms with Gasteiger partial charge in [-0.25, -0.2) is 14.6 Å². The summed E-state index contributed by atoms with van der Waals surface area (Å²) in [6.45, 7) is 5.07. The SMILES string of the molecule is COc1ccc(CCOCCCN2CCC(N(C)C3=Nc4ccccc4CS3)CC2)cc1.O=C(O)C=CC(=O)O. The molecule has 0 saturated carbocycles. The number of benzene rings is 2. The summed E-state index contributed by atoms with van der Waals surface area (Å²) >= 11 is 1.87. The molecule has 0 spiro atoms. The van der Waals surface area contributed by atoms with E-state index >= 15 is 0 Å². The van der Waals surface area contributed by atoms with Gasteiger partial charge in [-0.1, -0.05) is 42.1 Å². The molecule has 0 unspecified atom stereocenters. The molecule has 2 heterocycles. The minimum Gasteiger partial charge on any atom is -0.497 e. The van der Waals surface area contributed by atoms with Gasteiger partial charge in [0, 0.05) is 57.2 Å². The number of fused-ring (bicyclic) bond motifs is 1. The normalized spacial score (nSPS) is 15.5. The second-order valence-corrected chi connectivity index (χ2v) is 10.5. The van der Waals surface area contributed by atoms with Gasteiger partial charge in [-0.15, -0.1) is 0 Å². The van der Waals surface area contributed by atoms with Gasteiger partial charge in [0.2, 0.25) is 0 Å². The lowest BCUT2D eigenvalue weighted by atomic mass is 10.0. The smallest absolute Gasteiger partial charge is 0.328 e. The molecular formula is C30H39N3O6S. The minimum atomic E-state index is -1.26. The van der Waals surface area contributed by atoms with Crippen LogP contribution in [0.15, 0.2) is 65.7 Å². The first kappa shape index (κ1) is 31.2. The molecule has 0 aliphatic carbocycles. The van der Waals surface area contributed by atoms with Crippen LogP contribution in [0.2, 0.25) is 0 Å². The molecule has 1 saturated heterocycles. The number of piperidine rings is 1. The number of thioether (sulfide) groups is 1. The number of para-hydroxylation sites is 1. The van der Waals surface area contributed by atoms with Crippen LogP contribution in [-0.2, 0) is 26.5 Å². The Morgan fingerprint density at radius 3 is 2.38 bits per heavy atom. The Balaban J connectivity index is 0.000000482. The summed E-state index contributed by atoms with van der Waals surface area (Å²) in [6, 6.07) is 17.3. The standard InChI is InChI=1S/C26H35N3O2S.C4H4O4/c1-28(26-27-25-7-4-3-6-22(25)20-32-26)23-12-16-29(17-13-23)15-5-18-31-19-14-21-8-10-24(30-2)11-9-21;5-3(6)1-2-4(7)8/h3-4,6-11,23H,5,12-20H2,1-2H3;1-2H,(H,5,6)(H,7,8). The molecule has 2 aliphatic rings. The number of aliphatic carboxylic acids is 2. The highest BCUT2D eigenvalue weighted by molar-refractivity contribution is 8.13. The summed E-state index contributed by atoms with van der Waals surface area (Å²) in [5, 5.41) is 16.8. The van der Waals surface area contributed by atoms with Crippen molar-refractivity contribution in [3.63, 3.8) is 0 Å². The molecule has 2 N–H and O–H groups in total. The zero-order valence-electron chi connectivity index (χ0n) is 23.2. The van der Waals surface area contributed by atoms with Gasteiger partial charge in [-0.3, -0.25) is 0 Å². The third kappa shape index (κ3) is 10.7. The molecule has 10 heteroatoms. The lowest BCUT2D eigenvalue weighted by molar-refractivity contribution is -0.134. The Morgan fingerprint density at radius 1 is 1.05 bits per heavy atom. The van der Waals surface area contributed by atoms with Crippen molar-refractivity contribution in [3.8, 4) is 5.75 Å². The van der Waals surface area contributed by atoms with Crippen LogP contribution < -0.4 is 4.74 Å². The average Bonchev–Trinajstić information content (AvgIpc) is 2.98. The second kappa shape index (κ2) is 16.7. The van der Waals surface area contributed by atoms with Crippen LogP contribution in [-0.4, -0.2) is 90.2 Å². The lowest BCUT2D eigenvalue weighted by Crippen LogP contribution is -2.45. The second-order valence-electron chi connectivity index (χ2n) is 9.57. The molecule has 2 aliphatic heterocycles. The van der Waals surface area contributed by atoms with Crippen LogP contribution in [0.4, 0.5) is 5.69 Å². The summed E-state index contributed by atoms with van der Waals surface area (Å²) in [7, 11) is 3.92. The molecule has 216 valence electrons. The zero-order chi connectivity index (χ0) is 28.7. The van der Waals surface area contributed by atoms with E-state index in [9.17, 15) is 9.59 Å². The summed E-state index contributed by atoms with van der Waals surface area (Å²) in [4.78, 5) is 29.0. The van der Waals surface area contributed by atoms with Gasteiger partial charge in [0.1, 0.15) is 5.75 Å². The van der Waals surface area contributed by atoms with E-state index in [1.165, 1.54) is 29.1 Å². The number of aliphatic imine (C=N–C) groups is 1. The van der Waals surface area contributed by atoms with E-state index in [4.69, 9.17) is 24.7 Å². The number of carboxylic acids is 2. The number of ether oxygens (including phenoxy) is 2. The Bertz CT molecular complexity index is 1130. The van der Waals surface area contributed by atoms with Crippen molar-refractivity contribution in [3.05, 3.63) is 71.8 Å². The van der Waals surface area contributed by atoms with Crippen LogP contribution in [0, 0.1) is 0 Å². The Kier molecular flexibility index (Phi) is 13.0. The Hall–Kier alpha value is -3.34. The van der Waals surface area contributed by atoms with Crippen molar-refractivity contribution >= 4 is 34.6 Å². The van der Waals surface area contributed by atoms with E-state index in [0.717, 1.165) is 62.9 Å². The molecule has 0 amide bonds. The van der Waals surface area contributed by atoms with Crippen LogP contribution in [0.1, 0.15) is 30.4 Å². The van der Waals surface area contributed by atoms with Crippen molar-refractivity contribution < 1.29 is 29.3 Å². The molecule has 0 atom stereocenters. The topological polar surface area (TPSA) is 112 Å². The maximum absolute atomic E-state index is 9.55. The zero-order valence-corrected chi connectivity index (χ0v) is 24.0. The number of amidine groups is 1. The monoisotopic (exact) mass is 569 g/mol. The number of methoxy groups -OCH3 is 1. The fraction of sp³-hybridized carbons (Fsp3) is 0.433. The molecule has 1 fully saturated rings. The average molecular weight is 570 g/mol. The van der Waals surface area contributed by atoms with Crippen LogP contribution in [0.25, 0.3) is 0 Å². The van der Waals surface area contributed by atoms with Crippen molar-refractivity contribution in [2.75, 3.05) is 47.0 Å². The van der Waals surface area contributed by atoms with Gasteiger partial charge >= 0.3 is 11.9 Å². The third-order valence-electron chi connectivity index (χ3n) is 6.80. The summed E-state index contributed by atoms with van der Waals surface area (Å²) in [5.41, 5.74) is 3.77. The van der Waals surface area contributed by atoms with Gasteiger partial charge in [-0.2, -0.15) is 0 Å². The highest BCUT2D eigenvalue weighted by Gasteiger charge is 2.26. The summed E-state index contributed by atoms with van der Waals surface area (Å²) in [6.07, 6.45) is 5.58. The molecule has 9 nitrogen and oxygen atoms in total. The molecule has 2 aromatic carbocycles. The number of hydrogen-bond donors (Lipinski definition) is 2.